The number of nitrogens with one attached hydrogen (secondary N) is 1. The Morgan fingerprint density at radius 3 is 2.67 bits per heavy atom. The first-order valence-electron chi connectivity index (χ1n) is 8.84. The Morgan fingerprint density at radius 1 is 1.23 bits per heavy atom. The van der Waals surface area contributed by atoms with Gasteiger partial charge in [0.15, 0.2) is 5.82 Å². The van der Waals surface area contributed by atoms with Crippen LogP contribution < -0.4 is 5.32 Å². The molecule has 0 radical (unpaired) electrons. The molecule has 0 aliphatic carbocycles. The molecule has 0 saturated carbocycles. The smallest absolute Gasteiger partial charge is 0.349 e. The summed E-state index contributed by atoms with van der Waals surface area (Å²) in [5.41, 5.74) is 0.00667. The highest BCUT2D eigenvalue weighted by Gasteiger charge is 2.30. The summed E-state index contributed by atoms with van der Waals surface area (Å²) in [5, 5.41) is 7.35. The summed E-state index contributed by atoms with van der Waals surface area (Å²) in [4.78, 5) is 21.7. The van der Waals surface area contributed by atoms with Gasteiger partial charge < -0.3 is 10.2 Å². The molecule has 3 aromatic rings. The summed E-state index contributed by atoms with van der Waals surface area (Å²) in [6.45, 7) is 0.226. The number of alkyl halides is 3. The molecule has 3 rings (SSSR count). The lowest BCUT2D eigenvalue weighted by atomic mass is 10.2. The summed E-state index contributed by atoms with van der Waals surface area (Å²) in [5.74, 6) is 0.395. The first kappa shape index (κ1) is 21.6. The molecule has 2 aromatic heterocycles. The molecule has 0 aliphatic rings. The topological polar surface area (TPSA) is 75.9 Å². The number of rotatable bonds is 6. The number of nitrogens with zero attached hydrogens (tertiary/aromatic N) is 5. The average molecular weight is 439 g/mol. The molecule has 30 heavy (non-hydrogen) atoms. The van der Waals surface area contributed by atoms with Crippen molar-refractivity contribution >= 4 is 29.1 Å². The number of aryl methyl sites for hydroxylation is 1. The number of carbonyl (C=O) groups excluding carboxylic acids is 1. The Bertz CT molecular complexity index is 1050. The maximum absolute atomic E-state index is 13.0. The zero-order valence-corrected chi connectivity index (χ0v) is 16.9. The first-order valence-corrected chi connectivity index (χ1v) is 9.22. The second-order valence-corrected chi connectivity index (χ2v) is 6.98. The van der Waals surface area contributed by atoms with Crippen LogP contribution in [0.25, 0.3) is 11.4 Å². The molecule has 1 N–H and O–H groups in total. The lowest BCUT2D eigenvalue weighted by molar-refractivity contribution is -0.137. The van der Waals surface area contributed by atoms with Crippen molar-refractivity contribution in [1.82, 2.24) is 24.6 Å². The largest absolute Gasteiger partial charge is 0.416 e. The number of amides is 1. The Morgan fingerprint density at radius 2 is 2.00 bits per heavy atom. The van der Waals surface area contributed by atoms with E-state index in [9.17, 15) is 18.0 Å². The molecule has 0 saturated heterocycles. The number of carbonyl (C=O) groups is 1. The zero-order chi connectivity index (χ0) is 21.9. The SMILES string of the molecule is CN(C)C(=O)CCn1nc(Nc2cccc(C(F)(F)F)c2)nc1-c1ccnc(Cl)c1. The summed E-state index contributed by atoms with van der Waals surface area (Å²) < 4.78 is 40.4. The molecular weight excluding hydrogens is 421 g/mol. The maximum Gasteiger partial charge on any atom is 0.416 e. The van der Waals surface area contributed by atoms with Crippen LogP contribution in [0.2, 0.25) is 5.15 Å². The maximum atomic E-state index is 13.0. The van der Waals surface area contributed by atoms with Crippen molar-refractivity contribution in [3.8, 4) is 11.4 Å². The van der Waals surface area contributed by atoms with Crippen molar-refractivity contribution in [3.63, 3.8) is 0 Å². The molecule has 11 heteroatoms. The molecule has 0 atom stereocenters. The summed E-state index contributed by atoms with van der Waals surface area (Å²) in [6, 6.07) is 7.99. The van der Waals surface area contributed by atoms with Gasteiger partial charge in [-0.2, -0.15) is 18.2 Å². The average Bonchev–Trinajstić information content (AvgIpc) is 3.08. The number of hydrogen-bond donors (Lipinski definition) is 1. The van der Waals surface area contributed by atoms with Gasteiger partial charge in [-0.25, -0.2) is 9.67 Å². The van der Waals surface area contributed by atoms with Crippen LogP contribution >= 0.6 is 11.6 Å². The molecule has 1 aromatic carbocycles. The molecule has 0 fully saturated rings. The minimum atomic E-state index is -4.46. The van der Waals surface area contributed by atoms with Gasteiger partial charge in [0.25, 0.3) is 0 Å². The molecule has 0 aliphatic heterocycles. The van der Waals surface area contributed by atoms with Gasteiger partial charge in [-0.1, -0.05) is 17.7 Å². The van der Waals surface area contributed by atoms with E-state index in [4.69, 9.17) is 11.6 Å². The number of anilines is 2. The van der Waals surface area contributed by atoms with E-state index in [0.29, 0.717) is 11.4 Å². The lowest BCUT2D eigenvalue weighted by Gasteiger charge is -2.11. The fraction of sp³-hybridized carbons (Fsp3) is 0.263. The minimum Gasteiger partial charge on any atom is -0.349 e. The van der Waals surface area contributed by atoms with Crippen LogP contribution in [0.4, 0.5) is 24.8 Å². The zero-order valence-electron chi connectivity index (χ0n) is 16.1. The van der Waals surface area contributed by atoms with Gasteiger partial charge in [0, 0.05) is 38.0 Å². The first-order chi connectivity index (χ1) is 14.1. The Kier molecular flexibility index (Phi) is 6.25. The molecular formula is C19H18ClF3N6O. The second-order valence-electron chi connectivity index (χ2n) is 6.59. The highest BCUT2D eigenvalue weighted by Crippen LogP contribution is 2.31. The van der Waals surface area contributed by atoms with Crippen molar-refractivity contribution < 1.29 is 18.0 Å². The third-order valence-electron chi connectivity index (χ3n) is 4.14. The van der Waals surface area contributed by atoms with Gasteiger partial charge in [0.05, 0.1) is 12.1 Å². The van der Waals surface area contributed by atoms with Crippen LogP contribution in [0.1, 0.15) is 12.0 Å². The minimum absolute atomic E-state index is 0.0922. The van der Waals surface area contributed by atoms with E-state index in [1.807, 2.05) is 0 Å². The summed E-state index contributed by atoms with van der Waals surface area (Å²) in [6.07, 6.45) is -2.79. The highest BCUT2D eigenvalue weighted by atomic mass is 35.5. The normalized spacial score (nSPS) is 11.4. The molecule has 2 heterocycles. The van der Waals surface area contributed by atoms with Crippen molar-refractivity contribution in [2.75, 3.05) is 19.4 Å². The van der Waals surface area contributed by atoms with Crippen LogP contribution in [0.15, 0.2) is 42.6 Å². The Labute approximate surface area is 175 Å². The van der Waals surface area contributed by atoms with Crippen molar-refractivity contribution in [1.29, 1.82) is 0 Å². The van der Waals surface area contributed by atoms with Crippen molar-refractivity contribution in [2.24, 2.45) is 0 Å². The fourth-order valence-electron chi connectivity index (χ4n) is 2.63. The van der Waals surface area contributed by atoms with Crippen LogP contribution in [0.3, 0.4) is 0 Å². The summed E-state index contributed by atoms with van der Waals surface area (Å²) in [7, 11) is 3.29. The van der Waals surface area contributed by atoms with E-state index in [0.717, 1.165) is 12.1 Å². The van der Waals surface area contributed by atoms with Gasteiger partial charge in [-0.15, -0.1) is 5.10 Å². The van der Waals surface area contributed by atoms with Gasteiger partial charge in [0.1, 0.15) is 5.15 Å². The van der Waals surface area contributed by atoms with E-state index in [-0.39, 0.29) is 35.7 Å². The fourth-order valence-corrected chi connectivity index (χ4v) is 2.81. The highest BCUT2D eigenvalue weighted by molar-refractivity contribution is 6.29. The summed E-state index contributed by atoms with van der Waals surface area (Å²) >= 11 is 5.96. The van der Waals surface area contributed by atoms with Crippen LogP contribution in [0.5, 0.6) is 0 Å². The van der Waals surface area contributed by atoms with Crippen LogP contribution in [-0.4, -0.2) is 44.7 Å². The number of halogens is 4. The van der Waals surface area contributed by atoms with E-state index in [2.05, 4.69) is 20.4 Å². The number of aromatic nitrogens is 4. The van der Waals surface area contributed by atoms with Crippen LogP contribution in [-0.2, 0) is 17.5 Å². The van der Waals surface area contributed by atoms with Gasteiger partial charge in [-0.05, 0) is 30.3 Å². The second kappa shape index (κ2) is 8.70. The standard InChI is InChI=1S/C19H18ClF3N6O/c1-28(2)16(30)7-9-29-17(12-6-8-24-15(20)10-12)26-18(27-29)25-14-5-3-4-13(11-14)19(21,22)23/h3-6,8,10-11H,7,9H2,1-2H3,(H,25,27). The molecule has 158 valence electrons. The van der Waals surface area contributed by atoms with E-state index >= 15 is 0 Å². The predicted molar refractivity (Wildman–Crippen MR) is 106 cm³/mol. The van der Waals surface area contributed by atoms with Crippen LogP contribution in [0, 0.1) is 0 Å². The van der Waals surface area contributed by atoms with Crippen molar-refractivity contribution in [2.45, 2.75) is 19.1 Å². The van der Waals surface area contributed by atoms with E-state index in [1.165, 1.54) is 27.9 Å². The number of hydrogen-bond acceptors (Lipinski definition) is 5. The molecule has 0 bridgehead atoms. The molecule has 0 unspecified atom stereocenters. The molecule has 7 nitrogen and oxygen atoms in total. The lowest BCUT2D eigenvalue weighted by Crippen LogP contribution is -2.23. The molecule has 1 amide bonds. The van der Waals surface area contributed by atoms with Crippen molar-refractivity contribution in [3.05, 3.63) is 53.3 Å². The quantitative estimate of drug-likeness (QED) is 0.583. The van der Waals surface area contributed by atoms with Gasteiger partial charge in [-0.3, -0.25) is 4.79 Å². The molecule has 0 spiro atoms. The third kappa shape index (κ3) is 5.26. The van der Waals surface area contributed by atoms with E-state index in [1.54, 1.807) is 26.2 Å². The Hall–Kier alpha value is -3.14. The number of benzene rings is 1. The van der Waals surface area contributed by atoms with E-state index < -0.39 is 11.7 Å². The third-order valence-corrected chi connectivity index (χ3v) is 4.35. The van der Waals surface area contributed by atoms with Gasteiger partial charge in [0.2, 0.25) is 11.9 Å². The monoisotopic (exact) mass is 438 g/mol. The number of pyridine rings is 1. The predicted octanol–water partition coefficient (Wildman–Crippen LogP) is 4.23. The Balaban J connectivity index is 1.92. The van der Waals surface area contributed by atoms with Gasteiger partial charge >= 0.3 is 6.18 Å².